The van der Waals surface area contributed by atoms with Gasteiger partial charge in [-0.1, -0.05) is 37.0 Å². The second kappa shape index (κ2) is 7.78. The lowest BCUT2D eigenvalue weighted by atomic mass is 9.84. The molecule has 2 aromatic carbocycles. The molecule has 0 spiro atoms. The predicted molar refractivity (Wildman–Crippen MR) is 117 cm³/mol. The molecule has 4 heteroatoms. The third-order valence-corrected chi connectivity index (χ3v) is 5.95. The minimum absolute atomic E-state index is 0.0856. The number of hydrogen-bond acceptors (Lipinski definition) is 3. The standard InChI is InChI=1S/C24H29N3O/c1-16-9-11-18(12-10-16)24(28)26-22-15-21-19(14-23(22)27(2)3)13-20(25-21)17-7-5-4-6-8-17/h9-12,14-15,17H,4-8,13H2,1-3H3,(H,26,28). The molecule has 28 heavy (non-hydrogen) atoms. The Hall–Kier alpha value is -2.62. The van der Waals surface area contributed by atoms with Gasteiger partial charge in [-0.15, -0.1) is 0 Å². The van der Waals surface area contributed by atoms with Crippen LogP contribution in [-0.2, 0) is 6.42 Å². The van der Waals surface area contributed by atoms with Crippen molar-refractivity contribution >= 4 is 28.7 Å². The van der Waals surface area contributed by atoms with Gasteiger partial charge in [-0.3, -0.25) is 9.79 Å². The molecule has 0 bridgehead atoms. The summed E-state index contributed by atoms with van der Waals surface area (Å²) in [5.74, 6) is 0.548. The summed E-state index contributed by atoms with van der Waals surface area (Å²) < 4.78 is 0. The van der Waals surface area contributed by atoms with Crippen molar-refractivity contribution in [1.29, 1.82) is 0 Å². The van der Waals surface area contributed by atoms with Crippen LogP contribution in [0.25, 0.3) is 0 Å². The minimum Gasteiger partial charge on any atom is -0.376 e. The van der Waals surface area contributed by atoms with Gasteiger partial charge in [-0.25, -0.2) is 0 Å². The number of fused-ring (bicyclic) bond motifs is 1. The molecule has 0 saturated heterocycles. The van der Waals surface area contributed by atoms with Gasteiger partial charge in [0.15, 0.2) is 0 Å². The Morgan fingerprint density at radius 1 is 1.07 bits per heavy atom. The molecular weight excluding hydrogens is 346 g/mol. The maximum Gasteiger partial charge on any atom is 0.255 e. The van der Waals surface area contributed by atoms with Gasteiger partial charge in [-0.2, -0.15) is 0 Å². The zero-order valence-corrected chi connectivity index (χ0v) is 17.1. The maximum absolute atomic E-state index is 12.7. The fraction of sp³-hybridized carbons (Fsp3) is 0.417. The van der Waals surface area contributed by atoms with Gasteiger partial charge in [0.25, 0.3) is 5.91 Å². The van der Waals surface area contributed by atoms with E-state index in [-0.39, 0.29) is 5.91 Å². The predicted octanol–water partition coefficient (Wildman–Crippen LogP) is 5.52. The smallest absolute Gasteiger partial charge is 0.255 e. The highest BCUT2D eigenvalue weighted by atomic mass is 16.1. The molecule has 1 amide bonds. The first-order valence-electron chi connectivity index (χ1n) is 10.3. The second-order valence-corrected chi connectivity index (χ2v) is 8.33. The Morgan fingerprint density at radius 2 is 1.79 bits per heavy atom. The zero-order chi connectivity index (χ0) is 19.7. The van der Waals surface area contributed by atoms with Gasteiger partial charge in [0.1, 0.15) is 0 Å². The van der Waals surface area contributed by atoms with Crippen molar-refractivity contribution in [2.24, 2.45) is 10.9 Å². The van der Waals surface area contributed by atoms with E-state index in [1.165, 1.54) is 43.4 Å². The Labute approximate surface area is 167 Å². The summed E-state index contributed by atoms with van der Waals surface area (Å²) in [6.07, 6.45) is 7.49. The Morgan fingerprint density at radius 3 is 2.46 bits per heavy atom. The van der Waals surface area contributed by atoms with Crippen LogP contribution in [0, 0.1) is 12.8 Å². The fourth-order valence-electron chi connectivity index (χ4n) is 4.30. The number of hydrogen-bond donors (Lipinski definition) is 1. The van der Waals surface area contributed by atoms with Crippen LogP contribution in [0.1, 0.15) is 53.6 Å². The van der Waals surface area contributed by atoms with Crippen molar-refractivity contribution in [1.82, 2.24) is 0 Å². The molecule has 146 valence electrons. The number of nitrogens with one attached hydrogen (secondary N) is 1. The summed E-state index contributed by atoms with van der Waals surface area (Å²) in [5, 5.41) is 3.10. The first-order chi connectivity index (χ1) is 13.5. The summed E-state index contributed by atoms with van der Waals surface area (Å²) >= 11 is 0. The molecule has 0 atom stereocenters. The number of benzene rings is 2. The average Bonchev–Trinajstić information content (AvgIpc) is 3.11. The molecule has 0 radical (unpaired) electrons. The molecule has 1 aliphatic heterocycles. The van der Waals surface area contributed by atoms with Crippen LogP contribution in [0.4, 0.5) is 17.1 Å². The van der Waals surface area contributed by atoms with E-state index in [9.17, 15) is 4.79 Å². The number of amides is 1. The summed E-state index contributed by atoms with van der Waals surface area (Å²) in [7, 11) is 4.03. The number of carbonyl (C=O) groups is 1. The molecule has 1 saturated carbocycles. The molecule has 0 aromatic heterocycles. The highest BCUT2D eigenvalue weighted by Crippen LogP contribution is 2.39. The van der Waals surface area contributed by atoms with E-state index in [2.05, 4.69) is 16.3 Å². The third kappa shape index (κ3) is 3.82. The number of anilines is 2. The lowest BCUT2D eigenvalue weighted by Crippen LogP contribution is -2.18. The zero-order valence-electron chi connectivity index (χ0n) is 17.1. The van der Waals surface area contributed by atoms with Crippen LogP contribution in [0.2, 0.25) is 0 Å². The lowest BCUT2D eigenvalue weighted by molar-refractivity contribution is 0.102. The topological polar surface area (TPSA) is 44.7 Å². The van der Waals surface area contributed by atoms with Gasteiger partial charge < -0.3 is 10.2 Å². The van der Waals surface area contributed by atoms with E-state index in [1.807, 2.05) is 51.4 Å². The number of aliphatic imine (C=N–C) groups is 1. The lowest BCUT2D eigenvalue weighted by Gasteiger charge is -2.21. The van der Waals surface area contributed by atoms with Crippen molar-refractivity contribution < 1.29 is 4.79 Å². The van der Waals surface area contributed by atoms with Crippen molar-refractivity contribution in [2.75, 3.05) is 24.3 Å². The minimum atomic E-state index is -0.0856. The molecule has 1 fully saturated rings. The van der Waals surface area contributed by atoms with E-state index in [0.29, 0.717) is 11.5 Å². The van der Waals surface area contributed by atoms with Gasteiger partial charge in [0.05, 0.1) is 17.1 Å². The van der Waals surface area contributed by atoms with Gasteiger partial charge in [0.2, 0.25) is 0 Å². The van der Waals surface area contributed by atoms with E-state index in [1.54, 1.807) is 0 Å². The number of carbonyl (C=O) groups excluding carboxylic acids is 1. The van der Waals surface area contributed by atoms with Crippen LogP contribution in [0.15, 0.2) is 41.4 Å². The highest BCUT2D eigenvalue weighted by Gasteiger charge is 2.26. The Balaban J connectivity index is 1.61. The van der Waals surface area contributed by atoms with E-state index in [0.717, 1.165) is 29.0 Å². The Bertz CT molecular complexity index is 906. The molecule has 1 aliphatic carbocycles. The summed E-state index contributed by atoms with van der Waals surface area (Å²) in [5.41, 5.74) is 7.29. The maximum atomic E-state index is 12.7. The third-order valence-electron chi connectivity index (χ3n) is 5.95. The summed E-state index contributed by atoms with van der Waals surface area (Å²) in [4.78, 5) is 19.8. The summed E-state index contributed by atoms with van der Waals surface area (Å²) in [6, 6.07) is 11.9. The molecule has 2 aromatic rings. The summed E-state index contributed by atoms with van der Waals surface area (Å²) in [6.45, 7) is 2.02. The number of nitrogens with zero attached hydrogens (tertiary/aromatic N) is 2. The average molecular weight is 376 g/mol. The van der Waals surface area contributed by atoms with E-state index in [4.69, 9.17) is 4.99 Å². The molecule has 4 rings (SSSR count). The van der Waals surface area contributed by atoms with Crippen molar-refractivity contribution in [2.45, 2.75) is 45.4 Å². The van der Waals surface area contributed by atoms with Crippen LogP contribution in [0.3, 0.4) is 0 Å². The monoisotopic (exact) mass is 375 g/mol. The highest BCUT2D eigenvalue weighted by molar-refractivity contribution is 6.07. The van der Waals surface area contributed by atoms with Gasteiger partial charge >= 0.3 is 0 Å². The van der Waals surface area contributed by atoms with Crippen LogP contribution in [0.5, 0.6) is 0 Å². The molecular formula is C24H29N3O. The van der Waals surface area contributed by atoms with Gasteiger partial charge in [-0.05, 0) is 55.5 Å². The first kappa shape index (κ1) is 18.7. The number of aryl methyl sites for hydroxylation is 1. The first-order valence-corrected chi connectivity index (χ1v) is 10.3. The van der Waals surface area contributed by atoms with Crippen molar-refractivity contribution in [3.05, 3.63) is 53.1 Å². The number of rotatable bonds is 4. The van der Waals surface area contributed by atoms with E-state index < -0.39 is 0 Å². The van der Waals surface area contributed by atoms with Crippen molar-refractivity contribution in [3.63, 3.8) is 0 Å². The molecule has 1 N–H and O–H groups in total. The Kier molecular flexibility index (Phi) is 5.21. The SMILES string of the molecule is Cc1ccc(C(=O)Nc2cc3c(cc2N(C)C)CC(C2CCCCC2)=N3)cc1. The van der Waals surface area contributed by atoms with Crippen LogP contribution in [-0.4, -0.2) is 25.7 Å². The quantitative estimate of drug-likeness (QED) is 0.764. The molecule has 2 aliphatic rings. The fourth-order valence-corrected chi connectivity index (χ4v) is 4.30. The molecule has 0 unspecified atom stereocenters. The van der Waals surface area contributed by atoms with Crippen LogP contribution < -0.4 is 10.2 Å². The van der Waals surface area contributed by atoms with E-state index >= 15 is 0 Å². The van der Waals surface area contributed by atoms with Crippen LogP contribution >= 0.6 is 0 Å². The van der Waals surface area contributed by atoms with Crippen molar-refractivity contribution in [3.8, 4) is 0 Å². The normalized spacial score (nSPS) is 16.5. The molecule has 1 heterocycles. The molecule has 4 nitrogen and oxygen atoms in total. The second-order valence-electron chi connectivity index (χ2n) is 8.33. The largest absolute Gasteiger partial charge is 0.376 e. The van der Waals surface area contributed by atoms with Gasteiger partial charge in [0, 0.05) is 31.8 Å².